The van der Waals surface area contributed by atoms with Gasteiger partial charge in [-0.2, -0.15) is 0 Å². The highest BCUT2D eigenvalue weighted by atomic mass is 32.2. The molecular weight excluding hydrogens is 254 g/mol. The van der Waals surface area contributed by atoms with Crippen LogP contribution in [0.15, 0.2) is 35.2 Å². The lowest BCUT2D eigenvalue weighted by Gasteiger charge is -2.36. The Kier molecular flexibility index (Phi) is 5.32. The van der Waals surface area contributed by atoms with Gasteiger partial charge in [0.2, 0.25) is 5.91 Å². The first kappa shape index (κ1) is 14.4. The molecular formula is C16H23NOS. The minimum atomic E-state index is 0.257. The zero-order valence-electron chi connectivity index (χ0n) is 11.8. The highest BCUT2D eigenvalue weighted by Crippen LogP contribution is 2.28. The Morgan fingerprint density at radius 1 is 1.26 bits per heavy atom. The second-order valence-electron chi connectivity index (χ2n) is 5.44. The van der Waals surface area contributed by atoms with Crippen LogP contribution in [0.5, 0.6) is 0 Å². The normalized spacial score (nSPS) is 23.1. The Hall–Kier alpha value is -0.960. The minimum Gasteiger partial charge on any atom is -0.342 e. The third-order valence-corrected chi connectivity index (χ3v) is 5.06. The molecule has 2 atom stereocenters. The first-order valence-electron chi connectivity index (χ1n) is 7.12. The minimum absolute atomic E-state index is 0.257. The number of amides is 1. The standard InChI is InChI=1S/C16H23NOS/c1-13-8-6-7-11-15(13)17(2)16(18)12-19-14-9-4-3-5-10-14/h3-5,9-10,13,15H,6-8,11-12H2,1-2H3. The van der Waals surface area contributed by atoms with Crippen molar-refractivity contribution in [2.75, 3.05) is 12.8 Å². The highest BCUT2D eigenvalue weighted by molar-refractivity contribution is 8.00. The van der Waals surface area contributed by atoms with Crippen molar-refractivity contribution in [1.29, 1.82) is 0 Å². The fourth-order valence-corrected chi connectivity index (χ4v) is 3.66. The van der Waals surface area contributed by atoms with E-state index in [1.54, 1.807) is 11.8 Å². The molecule has 0 saturated heterocycles. The Balaban J connectivity index is 1.85. The molecule has 3 heteroatoms. The van der Waals surface area contributed by atoms with Crippen LogP contribution in [0.25, 0.3) is 0 Å². The van der Waals surface area contributed by atoms with Gasteiger partial charge in [-0.25, -0.2) is 0 Å². The van der Waals surface area contributed by atoms with Gasteiger partial charge < -0.3 is 4.90 Å². The largest absolute Gasteiger partial charge is 0.342 e. The van der Waals surface area contributed by atoms with Crippen molar-refractivity contribution in [3.63, 3.8) is 0 Å². The van der Waals surface area contributed by atoms with Gasteiger partial charge in [-0.05, 0) is 30.9 Å². The summed E-state index contributed by atoms with van der Waals surface area (Å²) in [6.07, 6.45) is 5.00. The zero-order valence-corrected chi connectivity index (χ0v) is 12.7. The Morgan fingerprint density at radius 2 is 1.95 bits per heavy atom. The monoisotopic (exact) mass is 277 g/mol. The molecule has 0 bridgehead atoms. The van der Waals surface area contributed by atoms with Gasteiger partial charge >= 0.3 is 0 Å². The summed E-state index contributed by atoms with van der Waals surface area (Å²) in [6, 6.07) is 10.6. The van der Waals surface area contributed by atoms with Crippen LogP contribution in [0, 0.1) is 5.92 Å². The van der Waals surface area contributed by atoms with E-state index in [0.29, 0.717) is 17.7 Å². The molecule has 1 fully saturated rings. The van der Waals surface area contributed by atoms with E-state index >= 15 is 0 Å². The second kappa shape index (κ2) is 6.99. The van der Waals surface area contributed by atoms with Crippen molar-refractivity contribution < 1.29 is 4.79 Å². The van der Waals surface area contributed by atoms with Gasteiger partial charge in [-0.3, -0.25) is 4.79 Å². The van der Waals surface area contributed by atoms with Gasteiger partial charge in [0.15, 0.2) is 0 Å². The molecule has 104 valence electrons. The maximum atomic E-state index is 12.3. The number of thioether (sulfide) groups is 1. The molecule has 0 N–H and O–H groups in total. The number of rotatable bonds is 4. The summed E-state index contributed by atoms with van der Waals surface area (Å²) in [6.45, 7) is 2.28. The van der Waals surface area contributed by atoms with Gasteiger partial charge in [-0.1, -0.05) is 38.0 Å². The highest BCUT2D eigenvalue weighted by Gasteiger charge is 2.27. The van der Waals surface area contributed by atoms with Crippen molar-refractivity contribution in [3.05, 3.63) is 30.3 Å². The molecule has 2 nitrogen and oxygen atoms in total. The summed E-state index contributed by atoms with van der Waals surface area (Å²) in [7, 11) is 1.97. The number of carbonyl (C=O) groups excluding carboxylic acids is 1. The van der Waals surface area contributed by atoms with Crippen LogP contribution >= 0.6 is 11.8 Å². The Morgan fingerprint density at radius 3 is 2.63 bits per heavy atom. The van der Waals surface area contributed by atoms with Gasteiger partial charge in [0.1, 0.15) is 0 Å². The Labute approximate surface area is 120 Å². The van der Waals surface area contributed by atoms with E-state index in [9.17, 15) is 4.79 Å². The molecule has 1 aromatic rings. The van der Waals surface area contributed by atoms with E-state index < -0.39 is 0 Å². The average Bonchev–Trinajstić information content (AvgIpc) is 2.45. The molecule has 0 heterocycles. The summed E-state index contributed by atoms with van der Waals surface area (Å²) < 4.78 is 0. The maximum Gasteiger partial charge on any atom is 0.232 e. The number of hydrogen-bond acceptors (Lipinski definition) is 2. The van der Waals surface area contributed by atoms with Gasteiger partial charge in [0.25, 0.3) is 0 Å². The van der Waals surface area contributed by atoms with Crippen molar-refractivity contribution in [2.24, 2.45) is 5.92 Å². The fraction of sp³-hybridized carbons (Fsp3) is 0.562. The van der Waals surface area contributed by atoms with E-state index in [1.807, 2.05) is 30.1 Å². The maximum absolute atomic E-state index is 12.3. The van der Waals surface area contributed by atoms with Crippen LogP contribution in [0.3, 0.4) is 0 Å². The zero-order chi connectivity index (χ0) is 13.7. The van der Waals surface area contributed by atoms with Crippen LogP contribution in [0.1, 0.15) is 32.6 Å². The van der Waals surface area contributed by atoms with Crippen LogP contribution < -0.4 is 0 Å². The molecule has 1 aliphatic carbocycles. The van der Waals surface area contributed by atoms with Gasteiger partial charge in [-0.15, -0.1) is 11.8 Å². The van der Waals surface area contributed by atoms with Crippen molar-refractivity contribution in [3.8, 4) is 0 Å². The lowest BCUT2D eigenvalue weighted by atomic mass is 9.85. The summed E-state index contributed by atoms with van der Waals surface area (Å²) in [4.78, 5) is 15.4. The van der Waals surface area contributed by atoms with Crippen molar-refractivity contribution >= 4 is 17.7 Å². The molecule has 0 aromatic heterocycles. The first-order chi connectivity index (χ1) is 9.18. The van der Waals surface area contributed by atoms with E-state index in [2.05, 4.69) is 19.1 Å². The molecule has 2 unspecified atom stereocenters. The average molecular weight is 277 g/mol. The van der Waals surface area contributed by atoms with E-state index in [4.69, 9.17) is 0 Å². The Bertz CT molecular complexity index is 406. The molecule has 0 radical (unpaired) electrons. The molecule has 1 aliphatic rings. The third kappa shape index (κ3) is 4.00. The van der Waals surface area contributed by atoms with Crippen molar-refractivity contribution in [1.82, 2.24) is 4.90 Å². The fourth-order valence-electron chi connectivity index (χ4n) is 2.82. The molecule has 0 spiro atoms. The molecule has 1 aromatic carbocycles. The second-order valence-corrected chi connectivity index (χ2v) is 6.48. The van der Waals surface area contributed by atoms with Crippen LogP contribution in [0.4, 0.5) is 0 Å². The number of carbonyl (C=O) groups is 1. The van der Waals surface area contributed by atoms with E-state index in [0.717, 1.165) is 0 Å². The van der Waals surface area contributed by atoms with Gasteiger partial charge in [0, 0.05) is 18.0 Å². The summed E-state index contributed by atoms with van der Waals surface area (Å²) in [5.41, 5.74) is 0. The molecule has 1 amide bonds. The lowest BCUT2D eigenvalue weighted by molar-refractivity contribution is -0.130. The smallest absolute Gasteiger partial charge is 0.232 e. The van der Waals surface area contributed by atoms with E-state index in [-0.39, 0.29) is 5.91 Å². The van der Waals surface area contributed by atoms with Gasteiger partial charge in [0.05, 0.1) is 5.75 Å². The number of hydrogen-bond donors (Lipinski definition) is 0. The third-order valence-electron chi connectivity index (χ3n) is 4.06. The van der Waals surface area contributed by atoms with E-state index in [1.165, 1.54) is 30.6 Å². The first-order valence-corrected chi connectivity index (χ1v) is 8.10. The molecule has 2 rings (SSSR count). The summed E-state index contributed by atoms with van der Waals surface area (Å²) >= 11 is 1.63. The molecule has 0 aliphatic heterocycles. The predicted octanol–water partition coefficient (Wildman–Crippen LogP) is 3.82. The SMILES string of the molecule is CC1CCCCC1N(C)C(=O)CSc1ccccc1. The summed E-state index contributed by atoms with van der Waals surface area (Å²) in [5, 5.41) is 0. The van der Waals surface area contributed by atoms with Crippen LogP contribution in [-0.4, -0.2) is 29.6 Å². The van der Waals surface area contributed by atoms with Crippen LogP contribution in [-0.2, 0) is 4.79 Å². The number of benzene rings is 1. The van der Waals surface area contributed by atoms with Crippen LogP contribution in [0.2, 0.25) is 0 Å². The predicted molar refractivity (Wildman–Crippen MR) is 81.4 cm³/mol. The topological polar surface area (TPSA) is 20.3 Å². The molecule has 19 heavy (non-hydrogen) atoms. The summed E-state index contributed by atoms with van der Waals surface area (Å²) in [5.74, 6) is 1.45. The molecule has 1 saturated carbocycles. The quantitative estimate of drug-likeness (QED) is 0.780. The lowest BCUT2D eigenvalue weighted by Crippen LogP contribution is -2.43. The number of nitrogens with zero attached hydrogens (tertiary/aromatic N) is 1. The van der Waals surface area contributed by atoms with Crippen molar-refractivity contribution in [2.45, 2.75) is 43.5 Å².